The highest BCUT2D eigenvalue weighted by Gasteiger charge is 2.55. The largest absolute Gasteiger partial charge is 0.390 e. The molecule has 6 heteroatoms. The van der Waals surface area contributed by atoms with Crippen molar-refractivity contribution >= 4 is 5.91 Å². The van der Waals surface area contributed by atoms with Gasteiger partial charge in [-0.2, -0.15) is 0 Å². The summed E-state index contributed by atoms with van der Waals surface area (Å²) >= 11 is 0. The van der Waals surface area contributed by atoms with Crippen molar-refractivity contribution in [1.29, 1.82) is 0 Å². The molecule has 108 valence electrons. The molecule has 0 unspecified atom stereocenters. The number of carbonyl (C=O) groups is 1. The van der Waals surface area contributed by atoms with Gasteiger partial charge in [0.05, 0.1) is 12.2 Å². The predicted octanol–water partition coefficient (Wildman–Crippen LogP) is -0.306. The number of fused-ring (bicyclic) bond motifs is 1. The summed E-state index contributed by atoms with van der Waals surface area (Å²) in [5.41, 5.74) is -1.63. The molecule has 1 aliphatic carbocycles. The van der Waals surface area contributed by atoms with Crippen LogP contribution in [0.25, 0.3) is 0 Å². The molecule has 1 amide bonds. The summed E-state index contributed by atoms with van der Waals surface area (Å²) in [5.74, 6) is -1.32. The number of hydrogen-bond donors (Lipinski definition) is 3. The van der Waals surface area contributed by atoms with Gasteiger partial charge in [0.1, 0.15) is 11.7 Å². The molecule has 1 saturated carbocycles. The average molecular weight is 271 g/mol. The summed E-state index contributed by atoms with van der Waals surface area (Å²) in [6, 6.07) is 0. The molecule has 3 N–H and O–H groups in total. The molecule has 0 aromatic heterocycles. The summed E-state index contributed by atoms with van der Waals surface area (Å²) in [4.78, 5) is 12.0. The summed E-state index contributed by atoms with van der Waals surface area (Å²) in [5, 5.41) is 23.0. The van der Waals surface area contributed by atoms with E-state index in [-0.39, 0.29) is 19.4 Å². The van der Waals surface area contributed by atoms with Gasteiger partial charge in [0.2, 0.25) is 0 Å². The van der Waals surface area contributed by atoms with Gasteiger partial charge in [0.15, 0.2) is 5.79 Å². The van der Waals surface area contributed by atoms with Crippen LogP contribution in [0.2, 0.25) is 0 Å². The first kappa shape index (κ1) is 14.5. The van der Waals surface area contributed by atoms with E-state index in [0.29, 0.717) is 0 Å². The number of hydrogen-bond acceptors (Lipinski definition) is 5. The molecular formula is C13H21NO5. The standard InChI is InChI=1S/C13H21NO5/c1-4-5-14-11(16)13(17)6-8(15)10-9(7-13)18-12(2,3)19-10/h4,8-10,15,17H,1,5-7H2,2-3H3,(H,14,16)/t8-,9-,10+,13-/m1/s1. The Bertz CT molecular complexity index is 383. The zero-order valence-electron chi connectivity index (χ0n) is 11.3. The first-order valence-electron chi connectivity index (χ1n) is 6.43. The highest BCUT2D eigenvalue weighted by atomic mass is 16.8. The molecule has 1 saturated heterocycles. The third kappa shape index (κ3) is 2.81. The lowest BCUT2D eigenvalue weighted by Gasteiger charge is -2.38. The van der Waals surface area contributed by atoms with Crippen molar-refractivity contribution in [3.63, 3.8) is 0 Å². The van der Waals surface area contributed by atoms with E-state index in [1.165, 1.54) is 6.08 Å². The second-order valence-corrected chi connectivity index (χ2v) is 5.64. The summed E-state index contributed by atoms with van der Waals surface area (Å²) < 4.78 is 11.2. The van der Waals surface area contributed by atoms with Crippen LogP contribution in [-0.2, 0) is 14.3 Å². The molecule has 0 radical (unpaired) electrons. The second kappa shape index (κ2) is 4.86. The number of amides is 1. The van der Waals surface area contributed by atoms with Crippen LogP contribution in [0.5, 0.6) is 0 Å². The van der Waals surface area contributed by atoms with Crippen molar-refractivity contribution in [2.24, 2.45) is 0 Å². The number of aliphatic hydroxyl groups is 2. The fraction of sp³-hybridized carbons (Fsp3) is 0.769. The average Bonchev–Trinajstić information content (AvgIpc) is 2.60. The fourth-order valence-electron chi connectivity index (χ4n) is 2.74. The molecule has 0 bridgehead atoms. The maximum absolute atomic E-state index is 12.0. The van der Waals surface area contributed by atoms with E-state index in [4.69, 9.17) is 9.47 Å². The lowest BCUT2D eigenvalue weighted by Crippen LogP contribution is -2.58. The van der Waals surface area contributed by atoms with Gasteiger partial charge in [-0.25, -0.2) is 0 Å². The Balaban J connectivity index is 2.10. The SMILES string of the molecule is C=CCNC(=O)[C@@]1(O)C[C@@H](O)[C@@H]2OC(C)(C)O[C@@H]2C1. The summed E-state index contributed by atoms with van der Waals surface area (Å²) in [6.45, 7) is 7.26. The van der Waals surface area contributed by atoms with Crippen LogP contribution >= 0.6 is 0 Å². The van der Waals surface area contributed by atoms with Gasteiger partial charge in [-0.3, -0.25) is 4.79 Å². The quantitative estimate of drug-likeness (QED) is 0.613. The van der Waals surface area contributed by atoms with E-state index in [1.54, 1.807) is 13.8 Å². The molecule has 0 aromatic rings. The van der Waals surface area contributed by atoms with E-state index in [9.17, 15) is 15.0 Å². The van der Waals surface area contributed by atoms with E-state index in [1.807, 2.05) is 0 Å². The molecule has 19 heavy (non-hydrogen) atoms. The van der Waals surface area contributed by atoms with Crippen LogP contribution in [0, 0.1) is 0 Å². The van der Waals surface area contributed by atoms with Gasteiger partial charge in [-0.05, 0) is 13.8 Å². The van der Waals surface area contributed by atoms with Crippen molar-refractivity contribution in [2.75, 3.05) is 6.54 Å². The van der Waals surface area contributed by atoms with Gasteiger partial charge in [-0.15, -0.1) is 6.58 Å². The minimum atomic E-state index is -1.63. The van der Waals surface area contributed by atoms with E-state index in [2.05, 4.69) is 11.9 Å². The molecule has 0 aromatic carbocycles. The Morgan fingerprint density at radius 3 is 2.79 bits per heavy atom. The Morgan fingerprint density at radius 1 is 1.47 bits per heavy atom. The zero-order valence-corrected chi connectivity index (χ0v) is 11.3. The van der Waals surface area contributed by atoms with Crippen LogP contribution in [-0.4, -0.2) is 52.4 Å². The maximum atomic E-state index is 12.0. The van der Waals surface area contributed by atoms with Crippen molar-refractivity contribution in [3.8, 4) is 0 Å². The number of aliphatic hydroxyl groups excluding tert-OH is 1. The normalized spacial score (nSPS) is 40.5. The predicted molar refractivity (Wildman–Crippen MR) is 67.2 cm³/mol. The molecule has 2 fully saturated rings. The van der Waals surface area contributed by atoms with E-state index >= 15 is 0 Å². The first-order chi connectivity index (χ1) is 8.77. The van der Waals surface area contributed by atoms with Crippen LogP contribution in [0.4, 0.5) is 0 Å². The molecule has 1 aliphatic heterocycles. The number of ether oxygens (including phenoxy) is 2. The Kier molecular flexibility index (Phi) is 3.70. The van der Waals surface area contributed by atoms with Crippen molar-refractivity contribution in [3.05, 3.63) is 12.7 Å². The first-order valence-corrected chi connectivity index (χ1v) is 6.43. The highest BCUT2D eigenvalue weighted by Crippen LogP contribution is 2.40. The molecule has 2 rings (SSSR count). The van der Waals surface area contributed by atoms with E-state index < -0.39 is 35.6 Å². The van der Waals surface area contributed by atoms with Crippen molar-refractivity contribution in [2.45, 2.75) is 56.4 Å². The zero-order chi connectivity index (χ0) is 14.3. The van der Waals surface area contributed by atoms with Crippen LogP contribution in [0.1, 0.15) is 26.7 Å². The van der Waals surface area contributed by atoms with Crippen molar-refractivity contribution < 1.29 is 24.5 Å². The van der Waals surface area contributed by atoms with Crippen molar-refractivity contribution in [1.82, 2.24) is 5.32 Å². The Morgan fingerprint density at radius 2 is 2.16 bits per heavy atom. The molecule has 1 heterocycles. The highest BCUT2D eigenvalue weighted by molar-refractivity contribution is 5.85. The van der Waals surface area contributed by atoms with Gasteiger partial charge >= 0.3 is 0 Å². The second-order valence-electron chi connectivity index (χ2n) is 5.64. The fourth-order valence-corrected chi connectivity index (χ4v) is 2.74. The Hall–Kier alpha value is -0.950. The minimum Gasteiger partial charge on any atom is -0.390 e. The third-order valence-electron chi connectivity index (χ3n) is 3.52. The van der Waals surface area contributed by atoms with Gasteiger partial charge in [-0.1, -0.05) is 6.08 Å². The molecule has 4 atom stereocenters. The molecule has 0 spiro atoms. The maximum Gasteiger partial charge on any atom is 0.252 e. The van der Waals surface area contributed by atoms with Crippen LogP contribution < -0.4 is 5.32 Å². The molecular weight excluding hydrogens is 250 g/mol. The summed E-state index contributed by atoms with van der Waals surface area (Å²) in [6.07, 6.45) is -0.333. The topological polar surface area (TPSA) is 88.0 Å². The molecule has 6 nitrogen and oxygen atoms in total. The number of rotatable bonds is 3. The van der Waals surface area contributed by atoms with E-state index in [0.717, 1.165) is 0 Å². The third-order valence-corrected chi connectivity index (χ3v) is 3.52. The van der Waals surface area contributed by atoms with Gasteiger partial charge < -0.3 is 25.0 Å². The summed E-state index contributed by atoms with van der Waals surface area (Å²) in [7, 11) is 0. The monoisotopic (exact) mass is 271 g/mol. The lowest BCUT2D eigenvalue weighted by atomic mass is 9.79. The van der Waals surface area contributed by atoms with Crippen LogP contribution in [0.15, 0.2) is 12.7 Å². The van der Waals surface area contributed by atoms with Gasteiger partial charge in [0.25, 0.3) is 5.91 Å². The number of nitrogens with one attached hydrogen (secondary N) is 1. The smallest absolute Gasteiger partial charge is 0.252 e. The minimum absolute atomic E-state index is 0.0589. The number of carbonyl (C=O) groups excluding carboxylic acids is 1. The van der Waals surface area contributed by atoms with Crippen LogP contribution in [0.3, 0.4) is 0 Å². The lowest BCUT2D eigenvalue weighted by molar-refractivity contribution is -0.158. The van der Waals surface area contributed by atoms with Gasteiger partial charge in [0, 0.05) is 19.4 Å². The molecule has 2 aliphatic rings. The Labute approximate surface area is 112 Å².